The SMILES string of the molecule is CCNC(=O)C1(Cc2ccccc2-c2ccc(C)cc2)CCCN(C(=O)c2ccccn2)C1. The molecule has 2 heterocycles. The molecule has 33 heavy (non-hydrogen) atoms. The number of benzene rings is 2. The molecule has 1 aromatic heterocycles. The first-order valence-electron chi connectivity index (χ1n) is 11.7. The van der Waals surface area contributed by atoms with E-state index >= 15 is 0 Å². The summed E-state index contributed by atoms with van der Waals surface area (Å²) in [6.45, 7) is 5.60. The molecule has 0 bridgehead atoms. The molecule has 1 unspecified atom stereocenters. The van der Waals surface area contributed by atoms with Crippen LogP contribution in [0.25, 0.3) is 11.1 Å². The second-order valence-corrected chi connectivity index (χ2v) is 8.88. The van der Waals surface area contributed by atoms with Gasteiger partial charge >= 0.3 is 0 Å². The number of likely N-dealkylation sites (tertiary alicyclic amines) is 1. The number of nitrogens with one attached hydrogen (secondary N) is 1. The number of aromatic nitrogens is 1. The van der Waals surface area contributed by atoms with Crippen molar-refractivity contribution in [3.05, 3.63) is 89.7 Å². The molecule has 1 aliphatic rings. The minimum atomic E-state index is -0.681. The molecule has 170 valence electrons. The first kappa shape index (κ1) is 22.7. The van der Waals surface area contributed by atoms with Crippen LogP contribution in [0.5, 0.6) is 0 Å². The lowest BCUT2D eigenvalue weighted by Crippen LogP contribution is -2.54. The molecular formula is C28H31N3O2. The van der Waals surface area contributed by atoms with Gasteiger partial charge in [0, 0.05) is 25.8 Å². The number of carbonyl (C=O) groups is 2. The molecule has 1 atom stereocenters. The number of hydrogen-bond donors (Lipinski definition) is 1. The van der Waals surface area contributed by atoms with E-state index in [0.29, 0.717) is 31.7 Å². The second-order valence-electron chi connectivity index (χ2n) is 8.88. The lowest BCUT2D eigenvalue weighted by molar-refractivity contribution is -0.133. The topological polar surface area (TPSA) is 62.3 Å². The number of piperidine rings is 1. The predicted molar refractivity (Wildman–Crippen MR) is 131 cm³/mol. The standard InChI is InChI=1S/C28H31N3O2/c1-3-29-27(33)28(16-8-18-31(20-28)26(32)25-11-6-7-17-30-25)19-23-9-4-5-10-24(23)22-14-12-21(2)13-15-22/h4-7,9-15,17H,3,8,16,18-20H2,1-2H3,(H,29,33). The third kappa shape index (κ3) is 4.98. The van der Waals surface area contributed by atoms with Crippen LogP contribution < -0.4 is 5.32 Å². The van der Waals surface area contributed by atoms with Crippen LogP contribution in [0.4, 0.5) is 0 Å². The highest BCUT2D eigenvalue weighted by molar-refractivity contribution is 5.93. The molecule has 1 aliphatic heterocycles. The van der Waals surface area contributed by atoms with E-state index in [4.69, 9.17) is 0 Å². The number of rotatable bonds is 6. The lowest BCUT2D eigenvalue weighted by atomic mass is 9.73. The van der Waals surface area contributed by atoms with Gasteiger partial charge in [-0.3, -0.25) is 14.6 Å². The van der Waals surface area contributed by atoms with Crippen molar-refractivity contribution >= 4 is 11.8 Å². The van der Waals surface area contributed by atoms with Gasteiger partial charge in [-0.25, -0.2) is 0 Å². The smallest absolute Gasteiger partial charge is 0.272 e. The van der Waals surface area contributed by atoms with E-state index in [1.165, 1.54) is 5.56 Å². The number of aryl methyl sites for hydroxylation is 1. The van der Waals surface area contributed by atoms with Gasteiger partial charge in [-0.2, -0.15) is 0 Å². The Balaban J connectivity index is 1.68. The summed E-state index contributed by atoms with van der Waals surface area (Å²) in [5, 5.41) is 3.05. The van der Waals surface area contributed by atoms with Crippen molar-refractivity contribution in [1.82, 2.24) is 15.2 Å². The Bertz CT molecular complexity index is 1110. The van der Waals surface area contributed by atoms with Crippen LogP contribution in [-0.4, -0.2) is 41.3 Å². The summed E-state index contributed by atoms with van der Waals surface area (Å²) in [7, 11) is 0. The van der Waals surface area contributed by atoms with Gasteiger partial charge in [-0.15, -0.1) is 0 Å². The molecule has 0 aliphatic carbocycles. The first-order valence-corrected chi connectivity index (χ1v) is 11.7. The molecule has 3 aromatic rings. The van der Waals surface area contributed by atoms with Gasteiger partial charge < -0.3 is 10.2 Å². The summed E-state index contributed by atoms with van der Waals surface area (Å²) in [5.74, 6) is -0.0991. The van der Waals surface area contributed by atoms with E-state index in [9.17, 15) is 9.59 Å². The van der Waals surface area contributed by atoms with Gasteiger partial charge in [0.1, 0.15) is 5.69 Å². The van der Waals surface area contributed by atoms with Gasteiger partial charge in [0.25, 0.3) is 5.91 Å². The number of carbonyl (C=O) groups excluding carboxylic acids is 2. The fourth-order valence-electron chi connectivity index (χ4n) is 4.77. The van der Waals surface area contributed by atoms with Crippen LogP contribution in [-0.2, 0) is 11.2 Å². The maximum Gasteiger partial charge on any atom is 0.272 e. The highest BCUT2D eigenvalue weighted by Crippen LogP contribution is 2.37. The summed E-state index contributed by atoms with van der Waals surface area (Å²) < 4.78 is 0. The first-order chi connectivity index (χ1) is 16.0. The zero-order chi connectivity index (χ0) is 23.3. The van der Waals surface area contributed by atoms with Crippen molar-refractivity contribution in [2.24, 2.45) is 5.41 Å². The molecule has 0 saturated carbocycles. The number of amides is 2. The molecule has 0 radical (unpaired) electrons. The Morgan fingerprint density at radius 3 is 2.52 bits per heavy atom. The van der Waals surface area contributed by atoms with Crippen LogP contribution in [0.2, 0.25) is 0 Å². The number of nitrogens with zero attached hydrogens (tertiary/aromatic N) is 2. The molecule has 0 spiro atoms. The summed E-state index contributed by atoms with van der Waals surface area (Å²) in [6, 6.07) is 22.1. The minimum Gasteiger partial charge on any atom is -0.356 e. The average molecular weight is 442 g/mol. The van der Waals surface area contributed by atoms with Gasteiger partial charge in [0.05, 0.1) is 5.41 Å². The van der Waals surface area contributed by atoms with Gasteiger partial charge in [0.2, 0.25) is 5.91 Å². The van der Waals surface area contributed by atoms with Crippen LogP contribution in [0.1, 0.15) is 41.4 Å². The van der Waals surface area contributed by atoms with E-state index in [0.717, 1.165) is 29.5 Å². The van der Waals surface area contributed by atoms with Crippen LogP contribution in [0, 0.1) is 12.3 Å². The number of hydrogen-bond acceptors (Lipinski definition) is 3. The predicted octanol–water partition coefficient (Wildman–Crippen LogP) is 4.66. The maximum absolute atomic E-state index is 13.5. The van der Waals surface area contributed by atoms with Crippen molar-refractivity contribution in [2.45, 2.75) is 33.1 Å². The lowest BCUT2D eigenvalue weighted by Gasteiger charge is -2.42. The van der Waals surface area contributed by atoms with Crippen molar-refractivity contribution in [3.63, 3.8) is 0 Å². The molecule has 5 heteroatoms. The third-order valence-electron chi connectivity index (χ3n) is 6.48. The Labute approximate surface area is 195 Å². The minimum absolute atomic E-state index is 0.0160. The van der Waals surface area contributed by atoms with Crippen LogP contribution >= 0.6 is 0 Å². The highest BCUT2D eigenvalue weighted by atomic mass is 16.2. The van der Waals surface area contributed by atoms with E-state index in [1.807, 2.05) is 25.1 Å². The Morgan fingerprint density at radius 2 is 1.79 bits per heavy atom. The average Bonchev–Trinajstić information content (AvgIpc) is 2.85. The van der Waals surface area contributed by atoms with Gasteiger partial charge in [0.15, 0.2) is 0 Å². The fourth-order valence-corrected chi connectivity index (χ4v) is 4.77. The van der Waals surface area contributed by atoms with E-state index in [-0.39, 0.29) is 11.8 Å². The zero-order valence-corrected chi connectivity index (χ0v) is 19.4. The largest absolute Gasteiger partial charge is 0.356 e. The fraction of sp³-hybridized carbons (Fsp3) is 0.321. The molecule has 1 fully saturated rings. The monoisotopic (exact) mass is 441 g/mol. The zero-order valence-electron chi connectivity index (χ0n) is 19.4. The molecule has 1 saturated heterocycles. The van der Waals surface area contributed by atoms with E-state index in [1.54, 1.807) is 23.2 Å². The summed E-state index contributed by atoms with van der Waals surface area (Å²) in [5.41, 5.74) is 4.35. The van der Waals surface area contributed by atoms with Crippen molar-refractivity contribution in [3.8, 4) is 11.1 Å². The highest BCUT2D eigenvalue weighted by Gasteiger charge is 2.44. The van der Waals surface area contributed by atoms with Gasteiger partial charge in [-0.05, 0) is 61.9 Å². The molecule has 2 amide bonds. The molecular weight excluding hydrogens is 410 g/mol. The van der Waals surface area contributed by atoms with Crippen molar-refractivity contribution < 1.29 is 9.59 Å². The third-order valence-corrected chi connectivity index (χ3v) is 6.48. The van der Waals surface area contributed by atoms with Crippen LogP contribution in [0.3, 0.4) is 0 Å². The quantitative estimate of drug-likeness (QED) is 0.605. The molecule has 5 nitrogen and oxygen atoms in total. The molecule has 2 aromatic carbocycles. The summed E-state index contributed by atoms with van der Waals surface area (Å²) in [6.07, 6.45) is 3.73. The Kier molecular flexibility index (Phi) is 6.87. The van der Waals surface area contributed by atoms with Crippen molar-refractivity contribution in [1.29, 1.82) is 0 Å². The van der Waals surface area contributed by atoms with Crippen LogP contribution in [0.15, 0.2) is 72.9 Å². The van der Waals surface area contributed by atoms with E-state index in [2.05, 4.69) is 53.6 Å². The van der Waals surface area contributed by atoms with Crippen molar-refractivity contribution in [2.75, 3.05) is 19.6 Å². The van der Waals surface area contributed by atoms with E-state index < -0.39 is 5.41 Å². The summed E-state index contributed by atoms with van der Waals surface area (Å²) in [4.78, 5) is 32.7. The molecule has 4 rings (SSSR count). The number of pyridine rings is 1. The maximum atomic E-state index is 13.5. The Hall–Kier alpha value is -3.47. The summed E-state index contributed by atoms with van der Waals surface area (Å²) >= 11 is 0. The second kappa shape index (κ2) is 9.99. The Morgan fingerprint density at radius 1 is 1.03 bits per heavy atom. The molecule has 1 N–H and O–H groups in total. The van der Waals surface area contributed by atoms with Gasteiger partial charge in [-0.1, -0.05) is 60.2 Å². The normalized spacial score (nSPS) is 18.1.